The van der Waals surface area contributed by atoms with Gasteiger partial charge in [0.15, 0.2) is 24.7 Å². The number of allylic oxidation sites excluding steroid dienone is 1. The fraction of sp³-hybridized carbons (Fsp3) is 0.222. The second-order valence-electron chi connectivity index (χ2n) is 4.87. The summed E-state index contributed by atoms with van der Waals surface area (Å²) in [6.07, 6.45) is 5.46. The SMILES string of the molecule is CC=Cc1ccc(OCC(=O)OCC(=O)c2ccc[nH]2)c(OC)c1. The number of aromatic nitrogens is 1. The molecule has 0 aliphatic rings. The van der Waals surface area contributed by atoms with Crippen LogP contribution in [0.15, 0.2) is 42.6 Å². The first kappa shape index (κ1) is 17.3. The second kappa shape index (κ2) is 8.57. The highest BCUT2D eigenvalue weighted by Gasteiger charge is 2.12. The third-order valence-electron chi connectivity index (χ3n) is 3.15. The first-order chi connectivity index (χ1) is 11.6. The number of esters is 1. The molecule has 0 fully saturated rings. The molecule has 0 atom stereocenters. The minimum atomic E-state index is -0.630. The molecule has 0 aliphatic carbocycles. The summed E-state index contributed by atoms with van der Waals surface area (Å²) in [7, 11) is 1.52. The number of ether oxygens (including phenoxy) is 3. The molecule has 0 aliphatic heterocycles. The van der Waals surface area contributed by atoms with Gasteiger partial charge in [0.25, 0.3) is 0 Å². The van der Waals surface area contributed by atoms with E-state index in [-0.39, 0.29) is 19.0 Å². The van der Waals surface area contributed by atoms with Gasteiger partial charge >= 0.3 is 5.97 Å². The van der Waals surface area contributed by atoms with Crippen LogP contribution in [-0.2, 0) is 9.53 Å². The van der Waals surface area contributed by atoms with Crippen LogP contribution in [0.2, 0.25) is 0 Å². The monoisotopic (exact) mass is 329 g/mol. The summed E-state index contributed by atoms with van der Waals surface area (Å²) in [6.45, 7) is 1.28. The van der Waals surface area contributed by atoms with Crippen molar-refractivity contribution in [3.63, 3.8) is 0 Å². The minimum absolute atomic E-state index is 0.304. The van der Waals surface area contributed by atoms with E-state index in [0.717, 1.165) is 5.56 Å². The topological polar surface area (TPSA) is 77.6 Å². The predicted molar refractivity (Wildman–Crippen MR) is 89.3 cm³/mol. The summed E-state index contributed by atoms with van der Waals surface area (Å²) < 4.78 is 15.5. The van der Waals surface area contributed by atoms with Gasteiger partial charge in [-0.05, 0) is 36.8 Å². The smallest absolute Gasteiger partial charge is 0.344 e. The molecule has 0 amide bonds. The van der Waals surface area contributed by atoms with Crippen LogP contribution in [0.1, 0.15) is 23.0 Å². The van der Waals surface area contributed by atoms with Crippen molar-refractivity contribution in [3.8, 4) is 11.5 Å². The fourth-order valence-corrected chi connectivity index (χ4v) is 2.01. The van der Waals surface area contributed by atoms with E-state index in [9.17, 15) is 9.59 Å². The molecule has 0 saturated heterocycles. The van der Waals surface area contributed by atoms with E-state index in [1.807, 2.05) is 25.1 Å². The van der Waals surface area contributed by atoms with Crippen LogP contribution in [-0.4, -0.2) is 37.1 Å². The lowest BCUT2D eigenvalue weighted by Crippen LogP contribution is -2.19. The molecule has 1 N–H and O–H groups in total. The Morgan fingerprint density at radius 2 is 2.00 bits per heavy atom. The molecule has 0 unspecified atom stereocenters. The normalized spacial score (nSPS) is 10.6. The average molecular weight is 329 g/mol. The summed E-state index contributed by atoms with van der Waals surface area (Å²) in [5, 5.41) is 0. The third-order valence-corrected chi connectivity index (χ3v) is 3.15. The van der Waals surface area contributed by atoms with Crippen molar-refractivity contribution in [2.75, 3.05) is 20.3 Å². The predicted octanol–water partition coefficient (Wildman–Crippen LogP) is 2.86. The maximum absolute atomic E-state index is 11.7. The van der Waals surface area contributed by atoms with E-state index in [4.69, 9.17) is 14.2 Å². The zero-order valence-electron chi connectivity index (χ0n) is 13.6. The fourth-order valence-electron chi connectivity index (χ4n) is 2.01. The van der Waals surface area contributed by atoms with Gasteiger partial charge in [-0.25, -0.2) is 4.79 Å². The Morgan fingerprint density at radius 3 is 2.67 bits per heavy atom. The van der Waals surface area contributed by atoms with Crippen molar-refractivity contribution < 1.29 is 23.8 Å². The maximum Gasteiger partial charge on any atom is 0.344 e. The highest BCUT2D eigenvalue weighted by Crippen LogP contribution is 2.28. The number of aromatic amines is 1. The molecule has 0 radical (unpaired) electrons. The number of rotatable bonds is 8. The number of hydrogen-bond donors (Lipinski definition) is 1. The van der Waals surface area contributed by atoms with Gasteiger partial charge in [0, 0.05) is 6.20 Å². The molecule has 0 bridgehead atoms. The van der Waals surface area contributed by atoms with E-state index in [1.165, 1.54) is 7.11 Å². The number of hydrogen-bond acceptors (Lipinski definition) is 5. The zero-order chi connectivity index (χ0) is 17.4. The Labute approximate surface area is 140 Å². The number of H-pyrrole nitrogens is 1. The molecule has 2 aromatic rings. The lowest BCUT2D eigenvalue weighted by atomic mass is 10.2. The van der Waals surface area contributed by atoms with Gasteiger partial charge in [-0.3, -0.25) is 4.79 Å². The van der Waals surface area contributed by atoms with Gasteiger partial charge in [-0.1, -0.05) is 18.2 Å². The van der Waals surface area contributed by atoms with Crippen molar-refractivity contribution in [1.29, 1.82) is 0 Å². The molecular formula is C18H19NO5. The molecule has 0 saturated carbocycles. The van der Waals surface area contributed by atoms with Gasteiger partial charge in [0.1, 0.15) is 0 Å². The quantitative estimate of drug-likeness (QED) is 0.595. The Balaban J connectivity index is 1.86. The molecule has 24 heavy (non-hydrogen) atoms. The Hall–Kier alpha value is -3.02. The number of methoxy groups -OCH3 is 1. The van der Waals surface area contributed by atoms with Crippen molar-refractivity contribution in [1.82, 2.24) is 4.98 Å². The van der Waals surface area contributed by atoms with Crippen molar-refractivity contribution in [2.45, 2.75) is 6.92 Å². The van der Waals surface area contributed by atoms with E-state index in [0.29, 0.717) is 17.2 Å². The largest absolute Gasteiger partial charge is 0.493 e. The number of Topliss-reactive ketones (excluding diaryl/α,β-unsaturated/α-hetero) is 1. The Bertz CT molecular complexity index is 719. The Morgan fingerprint density at radius 1 is 1.17 bits per heavy atom. The van der Waals surface area contributed by atoms with Crippen LogP contribution in [0.25, 0.3) is 6.08 Å². The van der Waals surface area contributed by atoms with E-state index in [1.54, 1.807) is 30.5 Å². The van der Waals surface area contributed by atoms with E-state index >= 15 is 0 Å². The molecule has 2 rings (SSSR count). The van der Waals surface area contributed by atoms with Crippen molar-refractivity contribution in [2.24, 2.45) is 0 Å². The summed E-state index contributed by atoms with van der Waals surface area (Å²) in [4.78, 5) is 26.2. The van der Waals surface area contributed by atoms with Gasteiger partial charge in [-0.2, -0.15) is 0 Å². The Kier molecular flexibility index (Phi) is 6.19. The highest BCUT2D eigenvalue weighted by atomic mass is 16.6. The summed E-state index contributed by atoms with van der Waals surface area (Å²) in [6, 6.07) is 8.67. The first-order valence-corrected chi connectivity index (χ1v) is 7.39. The van der Waals surface area contributed by atoms with Crippen LogP contribution >= 0.6 is 0 Å². The van der Waals surface area contributed by atoms with Gasteiger partial charge < -0.3 is 19.2 Å². The lowest BCUT2D eigenvalue weighted by molar-refractivity contribution is -0.144. The molecular weight excluding hydrogens is 310 g/mol. The lowest BCUT2D eigenvalue weighted by Gasteiger charge is -2.11. The second-order valence-corrected chi connectivity index (χ2v) is 4.87. The zero-order valence-corrected chi connectivity index (χ0v) is 13.6. The van der Waals surface area contributed by atoms with Crippen LogP contribution in [0, 0.1) is 0 Å². The molecule has 1 aromatic heterocycles. The first-order valence-electron chi connectivity index (χ1n) is 7.39. The number of ketones is 1. The highest BCUT2D eigenvalue weighted by molar-refractivity contribution is 5.96. The van der Waals surface area contributed by atoms with Crippen LogP contribution in [0.5, 0.6) is 11.5 Å². The number of nitrogens with one attached hydrogen (secondary N) is 1. The average Bonchev–Trinajstić information content (AvgIpc) is 3.13. The molecule has 1 aromatic carbocycles. The number of benzene rings is 1. The standard InChI is InChI=1S/C18H19NO5/c1-3-5-13-7-8-16(17(10-13)22-2)23-12-18(21)24-11-15(20)14-6-4-9-19-14/h3-10,19H,11-12H2,1-2H3. The summed E-state index contributed by atoms with van der Waals surface area (Å²) in [5.74, 6) is 0.00962. The minimum Gasteiger partial charge on any atom is -0.493 e. The molecule has 0 spiro atoms. The van der Waals surface area contributed by atoms with Gasteiger partial charge in [0.2, 0.25) is 5.78 Å². The molecule has 6 nitrogen and oxygen atoms in total. The number of carbonyl (C=O) groups excluding carboxylic acids is 2. The van der Waals surface area contributed by atoms with Crippen LogP contribution < -0.4 is 9.47 Å². The van der Waals surface area contributed by atoms with Crippen LogP contribution in [0.3, 0.4) is 0 Å². The number of carbonyl (C=O) groups is 2. The summed E-state index contributed by atoms with van der Waals surface area (Å²) in [5.41, 5.74) is 1.35. The van der Waals surface area contributed by atoms with E-state index < -0.39 is 5.97 Å². The van der Waals surface area contributed by atoms with E-state index in [2.05, 4.69) is 4.98 Å². The van der Waals surface area contributed by atoms with Crippen molar-refractivity contribution in [3.05, 3.63) is 53.9 Å². The molecule has 6 heteroatoms. The third kappa shape index (κ3) is 4.74. The van der Waals surface area contributed by atoms with Crippen molar-refractivity contribution >= 4 is 17.8 Å². The summed E-state index contributed by atoms with van der Waals surface area (Å²) >= 11 is 0. The molecule has 1 heterocycles. The van der Waals surface area contributed by atoms with Crippen LogP contribution in [0.4, 0.5) is 0 Å². The maximum atomic E-state index is 11.7. The van der Waals surface area contributed by atoms with Gasteiger partial charge in [0.05, 0.1) is 12.8 Å². The van der Waals surface area contributed by atoms with Gasteiger partial charge in [-0.15, -0.1) is 0 Å². The molecule has 126 valence electrons.